The van der Waals surface area contributed by atoms with Crippen molar-refractivity contribution < 1.29 is 14.0 Å². The van der Waals surface area contributed by atoms with Gasteiger partial charge in [-0.15, -0.1) is 23.2 Å². The molecule has 0 aliphatic heterocycles. The lowest BCUT2D eigenvalue weighted by atomic mass is 10.2. The van der Waals surface area contributed by atoms with E-state index in [2.05, 4.69) is 61.5 Å². The first-order valence-corrected chi connectivity index (χ1v) is 16.0. The number of halogens is 2. The lowest BCUT2D eigenvalue weighted by molar-refractivity contribution is -0.146. The minimum absolute atomic E-state index is 0.101. The molecule has 1 atom stereocenters. The first kappa shape index (κ1) is 29.0. The van der Waals surface area contributed by atoms with Crippen molar-refractivity contribution in [1.82, 2.24) is 9.55 Å². The number of alkyl halides is 2. The van der Waals surface area contributed by atoms with Crippen LogP contribution in [0.25, 0.3) is 11.0 Å². The van der Waals surface area contributed by atoms with Crippen LogP contribution in [0.1, 0.15) is 46.4 Å². The number of benzene rings is 1. The number of hydrogen-bond donors (Lipinski definition) is 0. The summed E-state index contributed by atoms with van der Waals surface area (Å²) in [5.41, 5.74) is 3.06. The molecule has 0 N–H and O–H groups in total. The number of nitrogens with zero attached hydrogens (tertiary/aromatic N) is 3. The summed E-state index contributed by atoms with van der Waals surface area (Å²) in [5.74, 6) is 1.85. The number of hydrogen-bond acceptors (Lipinski definition) is 5. The molecule has 2 aromatic rings. The number of aromatic nitrogens is 2. The van der Waals surface area contributed by atoms with E-state index < -0.39 is 8.32 Å². The summed E-state index contributed by atoms with van der Waals surface area (Å²) in [6, 6.07) is 6.24. The Hall–Kier alpha value is -1.28. The Morgan fingerprint density at radius 2 is 1.85 bits per heavy atom. The number of aryl methyl sites for hydroxylation is 2. The molecular formula is C25H41Cl2N3O3Si. The fourth-order valence-corrected chi connectivity index (χ4v) is 5.46. The highest BCUT2D eigenvalue weighted by molar-refractivity contribution is 6.74. The standard InChI is InChI=1S/C25H41Cl2N3O3Si/c1-19(33-34(6,7)25(2,3)4)18-32-24(31)10-8-9-23-28-21-17-20(11-12-22(21)29(23)5)30(15-13-26)16-14-27/h11-12,17,19H,8-10,13-16,18H2,1-7H3. The Labute approximate surface area is 216 Å². The second-order valence-electron chi connectivity index (χ2n) is 10.4. The van der Waals surface area contributed by atoms with Gasteiger partial charge in [0, 0.05) is 50.4 Å². The lowest BCUT2D eigenvalue weighted by Crippen LogP contribution is -2.44. The maximum atomic E-state index is 12.3. The fourth-order valence-electron chi connectivity index (χ4n) is 3.62. The number of anilines is 1. The first-order valence-electron chi connectivity index (χ1n) is 12.0. The van der Waals surface area contributed by atoms with E-state index in [-0.39, 0.29) is 17.1 Å². The predicted molar refractivity (Wildman–Crippen MR) is 146 cm³/mol. The minimum Gasteiger partial charge on any atom is -0.463 e. The van der Waals surface area contributed by atoms with Gasteiger partial charge in [0.1, 0.15) is 12.4 Å². The van der Waals surface area contributed by atoms with Crippen molar-refractivity contribution in [1.29, 1.82) is 0 Å². The van der Waals surface area contributed by atoms with Crippen LogP contribution < -0.4 is 4.90 Å². The molecule has 0 amide bonds. The molecule has 2 rings (SSSR count). The van der Waals surface area contributed by atoms with Crippen LogP contribution in [-0.2, 0) is 27.4 Å². The number of carbonyl (C=O) groups is 1. The molecule has 0 saturated carbocycles. The summed E-state index contributed by atoms with van der Waals surface area (Å²) in [6.07, 6.45) is 1.65. The average molecular weight is 531 g/mol. The molecule has 0 fully saturated rings. The number of esters is 1. The van der Waals surface area contributed by atoms with Crippen molar-refractivity contribution in [2.45, 2.75) is 71.2 Å². The zero-order valence-corrected chi connectivity index (χ0v) is 24.3. The predicted octanol–water partition coefficient (Wildman–Crippen LogP) is 6.13. The van der Waals surface area contributed by atoms with Crippen LogP contribution in [0.2, 0.25) is 18.1 Å². The minimum atomic E-state index is -1.87. The monoisotopic (exact) mass is 529 g/mol. The molecule has 0 bridgehead atoms. The first-order chi connectivity index (χ1) is 15.9. The molecule has 1 heterocycles. The molecular weight excluding hydrogens is 489 g/mol. The van der Waals surface area contributed by atoms with E-state index in [9.17, 15) is 4.79 Å². The zero-order chi connectivity index (χ0) is 25.5. The van der Waals surface area contributed by atoms with Crippen LogP contribution in [0, 0.1) is 0 Å². The third-order valence-corrected chi connectivity index (χ3v) is 11.5. The van der Waals surface area contributed by atoms with Crippen LogP contribution in [-0.4, -0.2) is 61.4 Å². The summed E-state index contributed by atoms with van der Waals surface area (Å²) in [5, 5.41) is 0.129. The van der Waals surface area contributed by atoms with Gasteiger partial charge >= 0.3 is 5.97 Å². The molecule has 34 heavy (non-hydrogen) atoms. The molecule has 192 valence electrons. The quantitative estimate of drug-likeness (QED) is 0.177. The molecule has 1 aromatic heterocycles. The molecule has 0 spiro atoms. The van der Waals surface area contributed by atoms with Crippen molar-refractivity contribution in [3.63, 3.8) is 0 Å². The molecule has 0 aliphatic rings. The Kier molecular flexibility index (Phi) is 10.7. The van der Waals surface area contributed by atoms with Crippen LogP contribution in [0.15, 0.2) is 18.2 Å². The van der Waals surface area contributed by atoms with E-state index in [4.69, 9.17) is 37.3 Å². The van der Waals surface area contributed by atoms with Gasteiger partial charge in [0.05, 0.1) is 17.1 Å². The maximum Gasteiger partial charge on any atom is 0.305 e. The second-order valence-corrected chi connectivity index (χ2v) is 15.9. The number of ether oxygens (including phenoxy) is 1. The molecule has 0 radical (unpaired) electrons. The van der Waals surface area contributed by atoms with Gasteiger partial charge in [-0.3, -0.25) is 4.79 Å². The van der Waals surface area contributed by atoms with Gasteiger partial charge in [-0.05, 0) is 49.7 Å². The van der Waals surface area contributed by atoms with Crippen molar-refractivity contribution in [3.8, 4) is 0 Å². The summed E-state index contributed by atoms with van der Waals surface area (Å²) < 4.78 is 13.8. The third-order valence-electron chi connectivity index (χ3n) is 6.59. The molecule has 0 saturated heterocycles. The van der Waals surface area contributed by atoms with Crippen molar-refractivity contribution in [2.24, 2.45) is 7.05 Å². The third kappa shape index (κ3) is 7.87. The van der Waals surface area contributed by atoms with Gasteiger partial charge < -0.3 is 18.6 Å². The Bertz CT molecular complexity index is 937. The second kappa shape index (κ2) is 12.6. The fraction of sp³-hybridized carbons (Fsp3) is 0.680. The molecule has 1 aromatic carbocycles. The molecule has 1 unspecified atom stereocenters. The van der Waals surface area contributed by atoms with Gasteiger partial charge in [0.2, 0.25) is 0 Å². The number of fused-ring (bicyclic) bond motifs is 1. The number of rotatable bonds is 13. The topological polar surface area (TPSA) is 56.6 Å². The van der Waals surface area contributed by atoms with E-state index in [0.717, 1.165) is 35.6 Å². The van der Waals surface area contributed by atoms with Crippen molar-refractivity contribution >= 4 is 54.2 Å². The summed E-state index contributed by atoms with van der Waals surface area (Å²) in [6.45, 7) is 14.8. The van der Waals surface area contributed by atoms with Crippen molar-refractivity contribution in [3.05, 3.63) is 24.0 Å². The lowest BCUT2D eigenvalue weighted by Gasteiger charge is -2.38. The highest BCUT2D eigenvalue weighted by atomic mass is 35.5. The van der Waals surface area contributed by atoms with Gasteiger partial charge in [-0.1, -0.05) is 20.8 Å². The van der Waals surface area contributed by atoms with Gasteiger partial charge in [-0.25, -0.2) is 4.98 Å². The van der Waals surface area contributed by atoms with E-state index >= 15 is 0 Å². The molecule has 9 heteroatoms. The highest BCUT2D eigenvalue weighted by Gasteiger charge is 2.38. The Morgan fingerprint density at radius 1 is 1.21 bits per heavy atom. The van der Waals surface area contributed by atoms with Crippen molar-refractivity contribution in [2.75, 3.05) is 36.4 Å². The number of imidazole rings is 1. The summed E-state index contributed by atoms with van der Waals surface area (Å²) in [7, 11) is 0.140. The average Bonchev–Trinajstić information content (AvgIpc) is 3.06. The smallest absolute Gasteiger partial charge is 0.305 e. The van der Waals surface area contributed by atoms with E-state index in [1.165, 1.54) is 0 Å². The molecule has 0 aliphatic carbocycles. The summed E-state index contributed by atoms with van der Waals surface area (Å²) >= 11 is 11.9. The van der Waals surface area contributed by atoms with Gasteiger partial charge in [0.25, 0.3) is 0 Å². The Balaban J connectivity index is 1.89. The number of carbonyl (C=O) groups excluding carboxylic acids is 1. The normalized spacial score (nSPS) is 13.3. The van der Waals surface area contributed by atoms with E-state index in [1.54, 1.807) is 0 Å². The molecule has 6 nitrogen and oxygen atoms in total. The highest BCUT2D eigenvalue weighted by Crippen LogP contribution is 2.37. The van der Waals surface area contributed by atoms with Gasteiger partial charge in [0.15, 0.2) is 8.32 Å². The largest absolute Gasteiger partial charge is 0.463 e. The SMILES string of the molecule is CC(COC(=O)CCCc1nc2cc(N(CCCl)CCCl)ccc2n1C)O[Si](C)(C)C(C)(C)C. The Morgan fingerprint density at radius 3 is 2.44 bits per heavy atom. The maximum absolute atomic E-state index is 12.3. The van der Waals surface area contributed by atoms with Crippen LogP contribution >= 0.6 is 23.2 Å². The zero-order valence-electron chi connectivity index (χ0n) is 21.8. The van der Waals surface area contributed by atoms with Crippen LogP contribution in [0.3, 0.4) is 0 Å². The van der Waals surface area contributed by atoms with Gasteiger partial charge in [-0.2, -0.15) is 0 Å². The van der Waals surface area contributed by atoms with Crippen LogP contribution in [0.4, 0.5) is 5.69 Å². The van der Waals surface area contributed by atoms with E-state index in [0.29, 0.717) is 37.6 Å². The van der Waals surface area contributed by atoms with Crippen LogP contribution in [0.5, 0.6) is 0 Å². The van der Waals surface area contributed by atoms with E-state index in [1.807, 2.05) is 14.0 Å². The summed E-state index contributed by atoms with van der Waals surface area (Å²) in [4.78, 5) is 19.3.